The third-order valence-electron chi connectivity index (χ3n) is 4.59. The standard InChI is InChI=1S/C19H18BrN3O2S2/c1-10-8-11(6-7-13(10)20)21-15(24)9-26-19-22-17(25)16-12-4-2-3-5-14(12)27-18(16)23-19/h6-8H,2-5,9H2,1H3,(H,21,24)(H,22,23,25). The van der Waals surface area contributed by atoms with Crippen molar-refractivity contribution in [1.29, 1.82) is 0 Å². The number of benzene rings is 1. The van der Waals surface area contributed by atoms with Crippen LogP contribution in [0, 0.1) is 6.92 Å². The number of anilines is 1. The fourth-order valence-electron chi connectivity index (χ4n) is 3.27. The molecule has 1 amide bonds. The highest BCUT2D eigenvalue weighted by atomic mass is 79.9. The van der Waals surface area contributed by atoms with Gasteiger partial charge in [0, 0.05) is 15.0 Å². The second kappa shape index (κ2) is 7.77. The van der Waals surface area contributed by atoms with E-state index in [4.69, 9.17) is 0 Å². The predicted molar refractivity (Wildman–Crippen MR) is 115 cm³/mol. The second-order valence-electron chi connectivity index (χ2n) is 6.56. The van der Waals surface area contributed by atoms with E-state index < -0.39 is 0 Å². The van der Waals surface area contributed by atoms with Gasteiger partial charge in [-0.3, -0.25) is 9.59 Å². The van der Waals surface area contributed by atoms with Crippen LogP contribution < -0.4 is 10.9 Å². The van der Waals surface area contributed by atoms with E-state index in [1.165, 1.54) is 28.6 Å². The van der Waals surface area contributed by atoms with Crippen molar-refractivity contribution in [2.45, 2.75) is 37.8 Å². The van der Waals surface area contributed by atoms with Gasteiger partial charge in [-0.2, -0.15) is 0 Å². The molecule has 2 aromatic heterocycles. The summed E-state index contributed by atoms with van der Waals surface area (Å²) in [5.74, 6) is 0.0595. The van der Waals surface area contributed by atoms with E-state index in [9.17, 15) is 9.59 Å². The largest absolute Gasteiger partial charge is 0.325 e. The third kappa shape index (κ3) is 3.97. The van der Waals surface area contributed by atoms with Gasteiger partial charge >= 0.3 is 0 Å². The predicted octanol–water partition coefficient (Wildman–Crippen LogP) is 4.67. The monoisotopic (exact) mass is 463 g/mol. The van der Waals surface area contributed by atoms with Crippen LogP contribution in [-0.2, 0) is 17.6 Å². The van der Waals surface area contributed by atoms with Gasteiger partial charge in [-0.05, 0) is 61.9 Å². The molecule has 0 saturated carbocycles. The third-order valence-corrected chi connectivity index (χ3v) is 7.53. The van der Waals surface area contributed by atoms with Crippen LogP contribution >= 0.6 is 39.0 Å². The fourth-order valence-corrected chi connectivity index (χ4v) is 5.49. The van der Waals surface area contributed by atoms with Crippen molar-refractivity contribution >= 4 is 60.8 Å². The van der Waals surface area contributed by atoms with E-state index in [-0.39, 0.29) is 17.2 Å². The zero-order chi connectivity index (χ0) is 19.0. The molecule has 4 rings (SSSR count). The number of fused-ring (bicyclic) bond motifs is 3. The summed E-state index contributed by atoms with van der Waals surface area (Å²) in [6, 6.07) is 5.67. The van der Waals surface area contributed by atoms with Gasteiger partial charge in [0.15, 0.2) is 5.16 Å². The first-order chi connectivity index (χ1) is 13.0. The van der Waals surface area contributed by atoms with Gasteiger partial charge in [0.25, 0.3) is 5.56 Å². The summed E-state index contributed by atoms with van der Waals surface area (Å²) in [6.07, 6.45) is 4.30. The van der Waals surface area contributed by atoms with E-state index in [1.807, 2.05) is 25.1 Å². The summed E-state index contributed by atoms with van der Waals surface area (Å²) >= 11 is 6.31. The van der Waals surface area contributed by atoms with Crippen LogP contribution in [0.2, 0.25) is 0 Å². The van der Waals surface area contributed by atoms with Gasteiger partial charge in [-0.25, -0.2) is 4.98 Å². The maximum absolute atomic E-state index is 12.5. The molecule has 1 aliphatic carbocycles. The molecule has 1 aromatic carbocycles. The molecule has 0 atom stereocenters. The van der Waals surface area contributed by atoms with Crippen molar-refractivity contribution in [3.05, 3.63) is 49.0 Å². The van der Waals surface area contributed by atoms with Crippen molar-refractivity contribution in [1.82, 2.24) is 9.97 Å². The zero-order valence-corrected chi connectivity index (χ0v) is 17.9. The van der Waals surface area contributed by atoms with Crippen LogP contribution in [-0.4, -0.2) is 21.6 Å². The minimum absolute atomic E-state index is 0.0918. The van der Waals surface area contributed by atoms with Gasteiger partial charge in [0.2, 0.25) is 5.91 Å². The molecule has 140 valence electrons. The number of thiophene rings is 1. The number of aryl methyl sites for hydroxylation is 3. The number of nitrogens with zero attached hydrogens (tertiary/aromatic N) is 1. The summed E-state index contributed by atoms with van der Waals surface area (Å²) in [5, 5.41) is 4.11. The second-order valence-corrected chi connectivity index (χ2v) is 9.46. The lowest BCUT2D eigenvalue weighted by Crippen LogP contribution is -2.15. The van der Waals surface area contributed by atoms with Gasteiger partial charge in [0.05, 0.1) is 11.1 Å². The van der Waals surface area contributed by atoms with Crippen LogP contribution in [0.25, 0.3) is 10.2 Å². The lowest BCUT2D eigenvalue weighted by atomic mass is 9.97. The minimum Gasteiger partial charge on any atom is -0.325 e. The Morgan fingerprint density at radius 3 is 3.00 bits per heavy atom. The summed E-state index contributed by atoms with van der Waals surface area (Å²) in [4.78, 5) is 34.3. The van der Waals surface area contributed by atoms with Gasteiger partial charge in [0.1, 0.15) is 4.83 Å². The van der Waals surface area contributed by atoms with Crippen LogP contribution in [0.1, 0.15) is 28.8 Å². The number of carbonyl (C=O) groups is 1. The Kier molecular flexibility index (Phi) is 5.39. The first-order valence-corrected chi connectivity index (χ1v) is 11.3. The van der Waals surface area contributed by atoms with E-state index in [1.54, 1.807) is 11.3 Å². The molecule has 5 nitrogen and oxygen atoms in total. The van der Waals surface area contributed by atoms with E-state index in [0.717, 1.165) is 45.2 Å². The lowest BCUT2D eigenvalue weighted by Gasteiger charge is -2.09. The molecule has 0 fully saturated rings. The highest BCUT2D eigenvalue weighted by Crippen LogP contribution is 2.34. The van der Waals surface area contributed by atoms with E-state index in [0.29, 0.717) is 5.16 Å². The van der Waals surface area contributed by atoms with Gasteiger partial charge in [-0.15, -0.1) is 11.3 Å². The first-order valence-electron chi connectivity index (χ1n) is 8.74. The average molecular weight is 464 g/mol. The Bertz CT molecular complexity index is 1090. The van der Waals surface area contributed by atoms with E-state index >= 15 is 0 Å². The highest BCUT2D eigenvalue weighted by molar-refractivity contribution is 9.10. The molecule has 2 N–H and O–H groups in total. The number of hydrogen-bond donors (Lipinski definition) is 2. The number of aromatic nitrogens is 2. The summed E-state index contributed by atoms with van der Waals surface area (Å²) in [6.45, 7) is 1.97. The molecule has 0 unspecified atom stereocenters. The average Bonchev–Trinajstić information content (AvgIpc) is 3.02. The fraction of sp³-hybridized carbons (Fsp3) is 0.316. The molecule has 0 aliphatic heterocycles. The first kappa shape index (κ1) is 18.7. The molecule has 0 radical (unpaired) electrons. The molecular weight excluding hydrogens is 446 g/mol. The number of amides is 1. The number of rotatable bonds is 4. The zero-order valence-electron chi connectivity index (χ0n) is 14.7. The van der Waals surface area contributed by atoms with Crippen molar-refractivity contribution in [2.75, 3.05) is 11.1 Å². The molecule has 0 spiro atoms. The number of thioether (sulfide) groups is 1. The van der Waals surface area contributed by atoms with Crippen molar-refractivity contribution in [3.8, 4) is 0 Å². The molecule has 0 bridgehead atoms. The molecule has 0 saturated heterocycles. The molecule has 27 heavy (non-hydrogen) atoms. The maximum Gasteiger partial charge on any atom is 0.260 e. The van der Waals surface area contributed by atoms with Crippen LogP contribution in [0.3, 0.4) is 0 Å². The SMILES string of the molecule is Cc1cc(NC(=O)CSc2nc3sc4c(c3c(=O)[nH]2)CCCC4)ccc1Br. The lowest BCUT2D eigenvalue weighted by molar-refractivity contribution is -0.113. The number of aromatic amines is 1. The topological polar surface area (TPSA) is 74.8 Å². The quantitative estimate of drug-likeness (QED) is 0.435. The van der Waals surface area contributed by atoms with Gasteiger partial charge in [-0.1, -0.05) is 27.7 Å². The molecular formula is C19H18BrN3O2S2. The summed E-state index contributed by atoms with van der Waals surface area (Å²) < 4.78 is 1.00. The highest BCUT2D eigenvalue weighted by Gasteiger charge is 2.20. The van der Waals surface area contributed by atoms with Crippen LogP contribution in [0.15, 0.2) is 32.6 Å². The smallest absolute Gasteiger partial charge is 0.260 e. The molecule has 8 heteroatoms. The number of carbonyl (C=O) groups excluding carboxylic acids is 1. The number of H-pyrrole nitrogens is 1. The Morgan fingerprint density at radius 2 is 2.19 bits per heavy atom. The summed E-state index contributed by atoms with van der Waals surface area (Å²) in [5.41, 5.74) is 2.89. The molecule has 1 aliphatic rings. The van der Waals surface area contributed by atoms with Crippen molar-refractivity contribution in [2.24, 2.45) is 0 Å². The number of hydrogen-bond acceptors (Lipinski definition) is 5. The van der Waals surface area contributed by atoms with Crippen molar-refractivity contribution in [3.63, 3.8) is 0 Å². The van der Waals surface area contributed by atoms with Crippen molar-refractivity contribution < 1.29 is 4.79 Å². The summed E-state index contributed by atoms with van der Waals surface area (Å²) in [7, 11) is 0. The number of halogens is 1. The maximum atomic E-state index is 12.5. The Hall–Kier alpha value is -1.64. The molecule has 3 aromatic rings. The van der Waals surface area contributed by atoms with Crippen LogP contribution in [0.4, 0.5) is 5.69 Å². The molecule has 2 heterocycles. The van der Waals surface area contributed by atoms with Crippen LogP contribution in [0.5, 0.6) is 0 Å². The number of nitrogens with one attached hydrogen (secondary N) is 2. The Balaban J connectivity index is 1.48. The Labute approximate surface area is 173 Å². The Morgan fingerprint density at radius 1 is 1.37 bits per heavy atom. The minimum atomic E-state index is -0.130. The normalized spacial score (nSPS) is 13.6. The van der Waals surface area contributed by atoms with Gasteiger partial charge < -0.3 is 10.3 Å². The van der Waals surface area contributed by atoms with E-state index in [2.05, 4.69) is 31.2 Å².